The predicted molar refractivity (Wildman–Crippen MR) is 57.3 cm³/mol. The van der Waals surface area contributed by atoms with E-state index in [0.717, 1.165) is 10.4 Å². The Balaban J connectivity index is 2.22. The molecule has 0 aliphatic rings. The van der Waals surface area contributed by atoms with E-state index in [9.17, 15) is 0 Å². The Morgan fingerprint density at radius 2 is 2.27 bits per heavy atom. The fourth-order valence-electron chi connectivity index (χ4n) is 1.31. The zero-order valence-corrected chi connectivity index (χ0v) is 8.36. The van der Waals surface area contributed by atoms with Crippen LogP contribution in [0.3, 0.4) is 0 Å². The topological polar surface area (TPSA) is 77.8 Å². The summed E-state index contributed by atoms with van der Waals surface area (Å²) in [4.78, 5) is 5.11. The lowest BCUT2D eigenvalue weighted by molar-refractivity contribution is 0.621. The Bertz CT molecular complexity index is 602. The van der Waals surface area contributed by atoms with Gasteiger partial charge >= 0.3 is 0 Å². The van der Waals surface area contributed by atoms with Gasteiger partial charge in [-0.3, -0.25) is 0 Å². The van der Waals surface area contributed by atoms with Gasteiger partial charge in [-0.25, -0.2) is 4.98 Å². The number of rotatable bonds is 1. The summed E-state index contributed by atoms with van der Waals surface area (Å²) < 4.78 is 9.29. The largest absolute Gasteiger partial charge is 0.435 e. The average molecular weight is 218 g/mol. The minimum Gasteiger partial charge on any atom is -0.435 e. The standard InChI is InChI=1S/C9H6N4OS/c10-5-1-2-6-7(3-5)14-9(12-6)8-4-11-13-15-8/h1-4H,10H2. The quantitative estimate of drug-likeness (QED) is 0.631. The Labute approximate surface area is 88.7 Å². The third-order valence-corrected chi connectivity index (χ3v) is 2.64. The van der Waals surface area contributed by atoms with E-state index in [-0.39, 0.29) is 0 Å². The number of hydrogen-bond donors (Lipinski definition) is 1. The van der Waals surface area contributed by atoms with E-state index in [1.54, 1.807) is 18.3 Å². The van der Waals surface area contributed by atoms with Crippen molar-refractivity contribution >= 4 is 28.3 Å². The molecule has 0 aliphatic carbocycles. The maximum atomic E-state index is 5.64. The zero-order chi connectivity index (χ0) is 10.3. The molecule has 0 amide bonds. The van der Waals surface area contributed by atoms with Crippen LogP contribution >= 0.6 is 11.5 Å². The minimum absolute atomic E-state index is 0.533. The number of oxazole rings is 1. The number of fused-ring (bicyclic) bond motifs is 1. The Kier molecular flexibility index (Phi) is 1.69. The summed E-state index contributed by atoms with van der Waals surface area (Å²) in [6.07, 6.45) is 1.62. The Morgan fingerprint density at radius 3 is 3.07 bits per heavy atom. The highest BCUT2D eigenvalue weighted by atomic mass is 32.1. The molecule has 0 radical (unpaired) electrons. The monoisotopic (exact) mass is 218 g/mol. The molecule has 0 fully saturated rings. The van der Waals surface area contributed by atoms with E-state index in [4.69, 9.17) is 10.2 Å². The van der Waals surface area contributed by atoms with E-state index in [1.165, 1.54) is 11.5 Å². The third kappa shape index (κ3) is 1.35. The second kappa shape index (κ2) is 3.03. The van der Waals surface area contributed by atoms with Crippen LogP contribution in [0.15, 0.2) is 28.8 Å². The van der Waals surface area contributed by atoms with Crippen molar-refractivity contribution in [3.8, 4) is 10.8 Å². The molecule has 0 bridgehead atoms. The predicted octanol–water partition coefficient (Wildman–Crippen LogP) is 1.93. The summed E-state index contributed by atoms with van der Waals surface area (Å²) in [6.45, 7) is 0. The summed E-state index contributed by atoms with van der Waals surface area (Å²) in [5.41, 5.74) is 7.77. The highest BCUT2D eigenvalue weighted by molar-refractivity contribution is 7.09. The van der Waals surface area contributed by atoms with Gasteiger partial charge in [-0.05, 0) is 23.7 Å². The fourth-order valence-corrected chi connectivity index (χ4v) is 1.75. The number of nitrogens with zero attached hydrogens (tertiary/aromatic N) is 3. The lowest BCUT2D eigenvalue weighted by Gasteiger charge is -1.88. The van der Waals surface area contributed by atoms with Gasteiger partial charge in [0.1, 0.15) is 10.4 Å². The second-order valence-electron chi connectivity index (χ2n) is 3.03. The summed E-state index contributed by atoms with van der Waals surface area (Å²) in [5, 5.41) is 3.73. The van der Waals surface area contributed by atoms with Crippen LogP contribution in [0.25, 0.3) is 21.9 Å². The highest BCUT2D eigenvalue weighted by Crippen LogP contribution is 2.26. The molecular weight excluding hydrogens is 212 g/mol. The van der Waals surface area contributed by atoms with Crippen molar-refractivity contribution < 1.29 is 4.42 Å². The first-order valence-electron chi connectivity index (χ1n) is 4.27. The highest BCUT2D eigenvalue weighted by Gasteiger charge is 2.09. The lowest BCUT2D eigenvalue weighted by Crippen LogP contribution is -1.81. The van der Waals surface area contributed by atoms with Gasteiger partial charge in [-0.1, -0.05) is 4.49 Å². The van der Waals surface area contributed by atoms with Crippen LogP contribution in [0.1, 0.15) is 0 Å². The smallest absolute Gasteiger partial charge is 0.240 e. The minimum atomic E-state index is 0.533. The van der Waals surface area contributed by atoms with Gasteiger partial charge in [0.05, 0.1) is 6.20 Å². The van der Waals surface area contributed by atoms with Gasteiger partial charge in [0.2, 0.25) is 5.89 Å². The van der Waals surface area contributed by atoms with Crippen molar-refractivity contribution in [1.29, 1.82) is 0 Å². The second-order valence-corrected chi connectivity index (χ2v) is 3.81. The molecule has 2 heterocycles. The molecule has 2 N–H and O–H groups in total. The summed E-state index contributed by atoms with van der Waals surface area (Å²) in [6, 6.07) is 5.37. The molecule has 6 heteroatoms. The molecule has 5 nitrogen and oxygen atoms in total. The first-order chi connectivity index (χ1) is 7.33. The van der Waals surface area contributed by atoms with E-state index in [0.29, 0.717) is 17.2 Å². The van der Waals surface area contributed by atoms with Crippen LogP contribution in [-0.2, 0) is 0 Å². The van der Waals surface area contributed by atoms with Gasteiger partial charge in [-0.2, -0.15) is 0 Å². The van der Waals surface area contributed by atoms with Crippen LogP contribution in [0.5, 0.6) is 0 Å². The molecule has 0 atom stereocenters. The normalized spacial score (nSPS) is 10.9. The molecular formula is C9H6N4OS. The van der Waals surface area contributed by atoms with Crippen molar-refractivity contribution in [2.45, 2.75) is 0 Å². The maximum absolute atomic E-state index is 5.64. The number of hydrogen-bond acceptors (Lipinski definition) is 6. The third-order valence-electron chi connectivity index (χ3n) is 1.98. The van der Waals surface area contributed by atoms with Gasteiger partial charge in [0.25, 0.3) is 0 Å². The van der Waals surface area contributed by atoms with Crippen molar-refractivity contribution in [3.05, 3.63) is 24.4 Å². The van der Waals surface area contributed by atoms with Crippen LogP contribution in [-0.4, -0.2) is 14.6 Å². The Hall–Kier alpha value is -1.95. The SMILES string of the molecule is Nc1ccc2nc(-c3cnns3)oc2c1. The molecule has 1 aromatic carbocycles. The molecule has 3 aromatic rings. The van der Waals surface area contributed by atoms with Crippen molar-refractivity contribution in [2.24, 2.45) is 0 Å². The first kappa shape index (κ1) is 8.37. The maximum Gasteiger partial charge on any atom is 0.240 e. The number of nitrogen functional groups attached to an aromatic ring is 1. The molecule has 15 heavy (non-hydrogen) atoms. The van der Waals surface area contributed by atoms with Crippen LogP contribution in [0.4, 0.5) is 5.69 Å². The van der Waals surface area contributed by atoms with Crippen LogP contribution in [0.2, 0.25) is 0 Å². The lowest BCUT2D eigenvalue weighted by atomic mass is 10.3. The molecule has 0 aliphatic heterocycles. The Morgan fingerprint density at radius 1 is 1.33 bits per heavy atom. The first-order valence-corrected chi connectivity index (χ1v) is 5.04. The fraction of sp³-hybridized carbons (Fsp3) is 0. The van der Waals surface area contributed by atoms with E-state index >= 15 is 0 Å². The van der Waals surface area contributed by atoms with Crippen LogP contribution < -0.4 is 5.73 Å². The summed E-state index contributed by atoms with van der Waals surface area (Å²) >= 11 is 1.25. The molecule has 0 saturated carbocycles. The van der Waals surface area contributed by atoms with Crippen molar-refractivity contribution in [3.63, 3.8) is 0 Å². The van der Waals surface area contributed by atoms with Crippen LogP contribution in [0, 0.1) is 0 Å². The van der Waals surface area contributed by atoms with E-state index in [1.807, 2.05) is 6.07 Å². The number of nitrogens with two attached hydrogens (primary N) is 1. The van der Waals surface area contributed by atoms with Crippen molar-refractivity contribution in [1.82, 2.24) is 14.6 Å². The van der Waals surface area contributed by atoms with Gasteiger partial charge < -0.3 is 10.2 Å². The molecule has 0 saturated heterocycles. The number of aromatic nitrogens is 3. The van der Waals surface area contributed by atoms with Gasteiger partial charge in [-0.15, -0.1) is 5.10 Å². The molecule has 74 valence electrons. The number of anilines is 1. The van der Waals surface area contributed by atoms with Crippen molar-refractivity contribution in [2.75, 3.05) is 5.73 Å². The van der Waals surface area contributed by atoms with Gasteiger partial charge in [0, 0.05) is 11.8 Å². The summed E-state index contributed by atoms with van der Waals surface area (Å²) in [5.74, 6) is 0.533. The molecule has 0 spiro atoms. The zero-order valence-electron chi connectivity index (χ0n) is 7.54. The molecule has 0 unspecified atom stereocenters. The average Bonchev–Trinajstić information content (AvgIpc) is 2.84. The molecule has 2 aromatic heterocycles. The van der Waals surface area contributed by atoms with E-state index in [2.05, 4.69) is 14.6 Å². The summed E-state index contributed by atoms with van der Waals surface area (Å²) in [7, 11) is 0. The number of benzene rings is 1. The van der Waals surface area contributed by atoms with E-state index < -0.39 is 0 Å². The van der Waals surface area contributed by atoms with Gasteiger partial charge in [0.15, 0.2) is 5.58 Å². The molecule has 3 rings (SSSR count).